The van der Waals surface area contributed by atoms with Crippen LogP contribution < -0.4 is 0 Å². The van der Waals surface area contributed by atoms with Crippen LogP contribution in [-0.4, -0.2) is 23.1 Å². The zero-order valence-electron chi connectivity index (χ0n) is 17.1. The van der Waals surface area contributed by atoms with Gasteiger partial charge in [0.1, 0.15) is 12.0 Å². The fourth-order valence-electron chi connectivity index (χ4n) is 7.31. The molecule has 0 spiro atoms. The minimum absolute atomic E-state index is 0.00607. The van der Waals surface area contributed by atoms with Crippen LogP contribution in [0, 0.1) is 38.0 Å². The van der Waals surface area contributed by atoms with E-state index in [1.807, 2.05) is 0 Å². The van der Waals surface area contributed by atoms with Crippen LogP contribution >= 0.6 is 12.0 Å². The van der Waals surface area contributed by atoms with Gasteiger partial charge in [0, 0.05) is 5.41 Å². The van der Waals surface area contributed by atoms with Crippen molar-refractivity contribution in [3.63, 3.8) is 0 Å². The van der Waals surface area contributed by atoms with E-state index in [-0.39, 0.29) is 17.4 Å². The average molecular weight is 427 g/mol. The summed E-state index contributed by atoms with van der Waals surface area (Å²) in [6.45, 7) is 6.46. The summed E-state index contributed by atoms with van der Waals surface area (Å²) in [6.07, 6.45) is 6.18. The number of esters is 1. The molecule has 4 bridgehead atoms. The van der Waals surface area contributed by atoms with Gasteiger partial charge in [-0.2, -0.15) is 13.1 Å². The van der Waals surface area contributed by atoms with Crippen LogP contribution in [0.3, 0.4) is 0 Å². The molecule has 4 saturated carbocycles. The van der Waals surface area contributed by atoms with Crippen molar-refractivity contribution in [2.45, 2.75) is 70.0 Å². The molecule has 4 fully saturated rings. The second-order valence-corrected chi connectivity index (χ2v) is 10.6. The maximum atomic E-state index is 13.7. The summed E-state index contributed by atoms with van der Waals surface area (Å²) in [5.41, 5.74) is 5.08. The van der Waals surface area contributed by atoms with Crippen molar-refractivity contribution in [3.8, 4) is 0 Å². The highest BCUT2D eigenvalue weighted by Crippen LogP contribution is 2.66. The second kappa shape index (κ2) is 7.20. The molecule has 4 aliphatic rings. The smallest absolute Gasteiger partial charge is 0.415 e. The van der Waals surface area contributed by atoms with Gasteiger partial charge in [-0.15, -0.1) is 0 Å². The first-order valence-electron chi connectivity index (χ1n) is 10.2. The number of carbonyl (C=O) groups excluding carboxylic acids is 1. The Bertz CT molecular complexity index is 788. The van der Waals surface area contributed by atoms with Crippen molar-refractivity contribution in [1.29, 1.82) is 0 Å². The molecule has 4 aliphatic carbocycles. The van der Waals surface area contributed by atoms with Gasteiger partial charge in [-0.1, -0.05) is 17.7 Å². The van der Waals surface area contributed by atoms with Gasteiger partial charge >= 0.3 is 11.2 Å². The highest BCUT2D eigenvalue weighted by Gasteiger charge is 2.59. The lowest BCUT2D eigenvalue weighted by atomic mass is 9.42. The number of benzene rings is 1. The Labute approximate surface area is 174 Å². The molecule has 4 nitrogen and oxygen atoms in total. The Hall–Kier alpha value is -1.18. The molecule has 7 heteroatoms. The fraction of sp³-hybridized carbons (Fsp3) is 0.682. The topological polar surface area (TPSA) is 55.8 Å². The van der Waals surface area contributed by atoms with E-state index in [0.29, 0.717) is 11.8 Å². The van der Waals surface area contributed by atoms with Crippen molar-refractivity contribution in [2.24, 2.45) is 17.3 Å². The minimum Gasteiger partial charge on any atom is -0.460 e. The summed E-state index contributed by atoms with van der Waals surface area (Å²) in [4.78, 5) is 11.9. The lowest BCUT2D eigenvalue weighted by molar-refractivity contribution is -0.175. The zero-order valence-corrected chi connectivity index (χ0v) is 17.9. The Morgan fingerprint density at radius 2 is 1.76 bits per heavy atom. The van der Waals surface area contributed by atoms with Crippen molar-refractivity contribution < 1.29 is 27.9 Å². The summed E-state index contributed by atoms with van der Waals surface area (Å²) < 4.78 is 35.8. The van der Waals surface area contributed by atoms with Crippen molar-refractivity contribution in [1.82, 2.24) is 0 Å². The molecule has 0 radical (unpaired) electrons. The van der Waals surface area contributed by atoms with E-state index < -0.39 is 23.3 Å². The minimum atomic E-state index is -3.92. The number of rotatable bonds is 6. The summed E-state index contributed by atoms with van der Waals surface area (Å²) in [7, 11) is 0. The van der Waals surface area contributed by atoms with E-state index >= 15 is 0 Å². The van der Waals surface area contributed by atoms with Gasteiger partial charge in [0.2, 0.25) is 0 Å². The number of hydrogen-bond donors (Lipinski definition) is 1. The summed E-state index contributed by atoms with van der Waals surface area (Å²) >= 11 is -0.592. The predicted octanol–water partition coefficient (Wildman–Crippen LogP) is 5.72. The maximum absolute atomic E-state index is 13.7. The number of ether oxygens (including phenoxy) is 1. The number of aryl methyl sites for hydroxylation is 3. The van der Waals surface area contributed by atoms with Gasteiger partial charge in [0.25, 0.3) is 0 Å². The monoisotopic (exact) mass is 426 g/mol. The Kier molecular flexibility index (Phi) is 5.23. The second-order valence-electron chi connectivity index (χ2n) is 9.77. The summed E-state index contributed by atoms with van der Waals surface area (Å²) in [5, 5.41) is 4.34. The van der Waals surface area contributed by atoms with Gasteiger partial charge in [0.15, 0.2) is 0 Å². The third-order valence-electron chi connectivity index (χ3n) is 7.28. The van der Waals surface area contributed by atoms with Crippen LogP contribution in [0.15, 0.2) is 12.1 Å². The van der Waals surface area contributed by atoms with E-state index in [0.717, 1.165) is 32.1 Å². The third-order valence-corrected chi connectivity index (χ3v) is 7.73. The number of hydrogen-bond acceptors (Lipinski definition) is 5. The van der Waals surface area contributed by atoms with Crippen molar-refractivity contribution in [2.75, 3.05) is 6.61 Å². The molecule has 0 aliphatic heterocycles. The van der Waals surface area contributed by atoms with Gasteiger partial charge in [-0.05, 0) is 93.2 Å². The number of carbonyl (C=O) groups is 1. The molecule has 0 heterocycles. The first-order valence-corrected chi connectivity index (χ1v) is 10.9. The van der Waals surface area contributed by atoms with Crippen LogP contribution in [0.25, 0.3) is 0 Å². The first kappa shape index (κ1) is 21.1. The van der Waals surface area contributed by atoms with Crippen molar-refractivity contribution >= 4 is 18.0 Å². The molecule has 29 heavy (non-hydrogen) atoms. The molecular formula is C22H28F2O4S. The highest BCUT2D eigenvalue weighted by atomic mass is 32.2. The lowest BCUT2D eigenvalue weighted by Crippen LogP contribution is -2.56. The Balaban J connectivity index is 1.61. The van der Waals surface area contributed by atoms with Crippen LogP contribution in [-0.2, 0) is 19.3 Å². The molecule has 0 aromatic heterocycles. The molecule has 0 saturated heterocycles. The molecule has 1 N–H and O–H groups in total. The summed E-state index contributed by atoms with van der Waals surface area (Å²) in [6, 6.07) is 4.47. The lowest BCUT2D eigenvalue weighted by Gasteiger charge is -2.62. The van der Waals surface area contributed by atoms with Gasteiger partial charge in [0.05, 0.1) is 6.61 Å². The van der Waals surface area contributed by atoms with Crippen LogP contribution in [0.2, 0.25) is 0 Å². The molecule has 1 aromatic carbocycles. The molecule has 160 valence electrons. The molecule has 1 aromatic rings. The molecular weight excluding hydrogens is 398 g/mol. The SMILES string of the molecule is Cc1cc(C)c(C23CC4CC(CC(COC(=O)C(F)(F)SOO)(C4)C2)C3)c(C)c1. The quantitative estimate of drug-likeness (QED) is 0.273. The highest BCUT2D eigenvalue weighted by molar-refractivity contribution is 7.96. The molecule has 2 unspecified atom stereocenters. The normalized spacial score (nSPS) is 33.2. The maximum Gasteiger partial charge on any atom is 0.415 e. The zero-order chi connectivity index (χ0) is 21.0. The van der Waals surface area contributed by atoms with E-state index in [9.17, 15) is 13.6 Å². The average Bonchev–Trinajstić information content (AvgIpc) is 2.57. The van der Waals surface area contributed by atoms with Gasteiger partial charge < -0.3 is 4.74 Å². The first-order chi connectivity index (χ1) is 13.6. The van der Waals surface area contributed by atoms with Crippen LogP contribution in [0.1, 0.15) is 60.8 Å². The van der Waals surface area contributed by atoms with E-state index in [4.69, 9.17) is 9.99 Å². The third kappa shape index (κ3) is 3.70. The number of halogens is 2. The summed E-state index contributed by atoms with van der Waals surface area (Å²) in [5.74, 6) is -0.555. The molecule has 5 rings (SSSR count). The fourth-order valence-corrected chi connectivity index (χ4v) is 7.53. The van der Waals surface area contributed by atoms with Crippen LogP contribution in [0.4, 0.5) is 8.78 Å². The predicted molar refractivity (Wildman–Crippen MR) is 107 cm³/mol. The standard InChI is InChI=1S/C22H28F2O4S/c1-13-4-14(2)18(15(3)5-13)21-9-16-6-17(10-21)8-20(7-16,11-21)12-27-19(25)22(23,24)29-28-26/h4-5,16-17,26H,6-12H2,1-3H3. The largest absolute Gasteiger partial charge is 0.460 e. The van der Waals surface area contributed by atoms with Gasteiger partial charge in [-0.25, -0.2) is 10.1 Å². The van der Waals surface area contributed by atoms with E-state index in [1.54, 1.807) is 0 Å². The van der Waals surface area contributed by atoms with E-state index in [2.05, 4.69) is 37.2 Å². The Morgan fingerprint density at radius 3 is 2.31 bits per heavy atom. The molecule has 0 amide bonds. The molecule has 2 atom stereocenters. The van der Waals surface area contributed by atoms with E-state index in [1.165, 1.54) is 28.7 Å². The van der Waals surface area contributed by atoms with Crippen molar-refractivity contribution in [3.05, 3.63) is 34.4 Å². The van der Waals surface area contributed by atoms with Crippen LogP contribution in [0.5, 0.6) is 0 Å². The van der Waals surface area contributed by atoms with Gasteiger partial charge in [-0.3, -0.25) is 0 Å². The Morgan fingerprint density at radius 1 is 1.17 bits per heavy atom. The number of alkyl halides is 2.